The molecule has 2 fully saturated rings. The Morgan fingerprint density at radius 1 is 1.21 bits per heavy atom. The maximum Gasteiger partial charge on any atom is 0.495 e. The van der Waals surface area contributed by atoms with Crippen molar-refractivity contribution in [2.24, 2.45) is 0 Å². The summed E-state index contributed by atoms with van der Waals surface area (Å²) in [7, 11) is 2.58. The van der Waals surface area contributed by atoms with Crippen molar-refractivity contribution >= 4 is 35.3 Å². The number of carbonyl (C=O) groups is 2. The third-order valence-electron chi connectivity index (χ3n) is 8.38. The fourth-order valence-electron chi connectivity index (χ4n) is 5.39. The van der Waals surface area contributed by atoms with Gasteiger partial charge in [0.25, 0.3) is 5.91 Å². The second-order valence-corrected chi connectivity index (χ2v) is 11.8. The van der Waals surface area contributed by atoms with E-state index in [9.17, 15) is 9.59 Å². The molecule has 1 aromatic carbocycles. The first-order valence-electron chi connectivity index (χ1n) is 13.6. The first kappa shape index (κ1) is 27.4. The number of carbonyl (C=O) groups excluding carboxylic acids is 2. The lowest BCUT2D eigenvalue weighted by molar-refractivity contribution is -0.132. The van der Waals surface area contributed by atoms with E-state index in [1.54, 1.807) is 31.0 Å². The standard InChI is InChI=1S/C28H37BFN5O4/c1-27(2)28(3,4)39-29(38-27)21-15-19(24(30)25-20(21)16-22(32-25)26(37)33(5)6)18-9-7-12-34(17-18)23(36)10-14-35-13-8-11-31-35/h8,11,13,15-16,18,32H,7,9-10,12,14,17H2,1-6H3. The molecule has 5 rings (SSSR count). The molecule has 2 saturated heterocycles. The Morgan fingerprint density at radius 3 is 2.56 bits per heavy atom. The smallest absolute Gasteiger partial charge is 0.399 e. The summed E-state index contributed by atoms with van der Waals surface area (Å²) in [6.45, 7) is 9.47. The third kappa shape index (κ3) is 5.09. The molecule has 0 saturated carbocycles. The minimum atomic E-state index is -0.731. The number of rotatable bonds is 6. The number of fused-ring (bicyclic) bond motifs is 1. The normalized spacial score (nSPS) is 20.5. The summed E-state index contributed by atoms with van der Waals surface area (Å²) in [5.41, 5.74) is 0.561. The third-order valence-corrected chi connectivity index (χ3v) is 8.38. The second-order valence-electron chi connectivity index (χ2n) is 11.8. The molecule has 2 amide bonds. The molecule has 9 nitrogen and oxygen atoms in total. The monoisotopic (exact) mass is 537 g/mol. The zero-order valence-electron chi connectivity index (χ0n) is 23.6. The van der Waals surface area contributed by atoms with E-state index in [0.29, 0.717) is 48.2 Å². The van der Waals surface area contributed by atoms with Crippen molar-refractivity contribution in [1.82, 2.24) is 24.6 Å². The van der Waals surface area contributed by atoms with Crippen molar-refractivity contribution in [2.75, 3.05) is 27.2 Å². The van der Waals surface area contributed by atoms with Crippen LogP contribution in [0, 0.1) is 5.82 Å². The summed E-state index contributed by atoms with van der Waals surface area (Å²) in [6.07, 6.45) is 5.38. The molecule has 3 aromatic rings. The number of aromatic amines is 1. The molecule has 2 aliphatic heterocycles. The Hall–Kier alpha value is -3.18. The maximum absolute atomic E-state index is 16.2. The molecule has 208 valence electrons. The molecular formula is C28H37BFN5O4. The average molecular weight is 537 g/mol. The van der Waals surface area contributed by atoms with Crippen molar-refractivity contribution in [3.8, 4) is 0 Å². The predicted octanol–water partition coefficient (Wildman–Crippen LogP) is 3.30. The van der Waals surface area contributed by atoms with Crippen LogP contribution in [0.4, 0.5) is 4.39 Å². The van der Waals surface area contributed by atoms with Crippen LogP contribution < -0.4 is 5.46 Å². The first-order valence-corrected chi connectivity index (χ1v) is 13.6. The highest BCUT2D eigenvalue weighted by Gasteiger charge is 2.52. The highest BCUT2D eigenvalue weighted by atomic mass is 19.1. The number of benzene rings is 1. The topological polar surface area (TPSA) is 92.7 Å². The average Bonchev–Trinajstić information content (AvgIpc) is 3.61. The predicted molar refractivity (Wildman–Crippen MR) is 147 cm³/mol. The molecule has 11 heteroatoms. The quantitative estimate of drug-likeness (QED) is 0.488. The maximum atomic E-state index is 16.2. The van der Waals surface area contributed by atoms with Crippen LogP contribution in [0.3, 0.4) is 0 Å². The van der Waals surface area contributed by atoms with Gasteiger partial charge in [-0.15, -0.1) is 0 Å². The van der Waals surface area contributed by atoms with Gasteiger partial charge in [0.05, 0.1) is 16.7 Å². The van der Waals surface area contributed by atoms with Crippen molar-refractivity contribution in [2.45, 2.75) is 70.6 Å². The lowest BCUT2D eigenvalue weighted by Crippen LogP contribution is -2.41. The van der Waals surface area contributed by atoms with Crippen LogP contribution in [0.25, 0.3) is 10.9 Å². The first-order chi connectivity index (χ1) is 18.4. The van der Waals surface area contributed by atoms with Gasteiger partial charge in [-0.3, -0.25) is 14.3 Å². The minimum Gasteiger partial charge on any atom is -0.399 e. The Bertz CT molecular complexity index is 1370. The van der Waals surface area contributed by atoms with Crippen LogP contribution in [0.15, 0.2) is 30.6 Å². The molecule has 1 N–H and O–H groups in total. The van der Waals surface area contributed by atoms with Gasteiger partial charge >= 0.3 is 7.12 Å². The fraction of sp³-hybridized carbons (Fsp3) is 0.536. The number of amides is 2. The van der Waals surface area contributed by atoms with E-state index in [-0.39, 0.29) is 23.2 Å². The van der Waals surface area contributed by atoms with E-state index in [4.69, 9.17) is 9.31 Å². The minimum absolute atomic E-state index is 0.0293. The van der Waals surface area contributed by atoms with Gasteiger partial charge in [-0.25, -0.2) is 4.39 Å². The van der Waals surface area contributed by atoms with Gasteiger partial charge in [0, 0.05) is 63.8 Å². The summed E-state index contributed by atoms with van der Waals surface area (Å²) in [5.74, 6) is -0.826. The highest BCUT2D eigenvalue weighted by Crippen LogP contribution is 2.38. The van der Waals surface area contributed by atoms with E-state index in [1.165, 1.54) is 4.90 Å². The van der Waals surface area contributed by atoms with E-state index in [0.717, 1.165) is 12.8 Å². The molecule has 39 heavy (non-hydrogen) atoms. The molecule has 0 aliphatic carbocycles. The number of hydrogen-bond donors (Lipinski definition) is 1. The number of likely N-dealkylation sites (tertiary alicyclic amines) is 1. The van der Waals surface area contributed by atoms with Gasteiger partial charge in [0.2, 0.25) is 5.91 Å². The lowest BCUT2D eigenvalue weighted by atomic mass is 9.74. The van der Waals surface area contributed by atoms with Gasteiger partial charge in [0.15, 0.2) is 5.82 Å². The zero-order valence-corrected chi connectivity index (χ0v) is 23.6. The number of nitrogens with zero attached hydrogens (tertiary/aromatic N) is 4. The van der Waals surface area contributed by atoms with E-state index in [2.05, 4.69) is 10.1 Å². The number of halogens is 1. The van der Waals surface area contributed by atoms with Crippen LogP contribution in [-0.2, 0) is 20.6 Å². The van der Waals surface area contributed by atoms with E-state index < -0.39 is 24.1 Å². The fourth-order valence-corrected chi connectivity index (χ4v) is 5.39. The van der Waals surface area contributed by atoms with Crippen LogP contribution in [0.5, 0.6) is 0 Å². The van der Waals surface area contributed by atoms with Gasteiger partial charge in [-0.1, -0.05) is 6.07 Å². The van der Waals surface area contributed by atoms with Gasteiger partial charge in [-0.05, 0) is 63.7 Å². The van der Waals surface area contributed by atoms with Gasteiger partial charge in [-0.2, -0.15) is 5.10 Å². The van der Waals surface area contributed by atoms with E-state index >= 15 is 4.39 Å². The summed E-state index contributed by atoms with van der Waals surface area (Å²) in [5, 5.41) is 4.73. The summed E-state index contributed by atoms with van der Waals surface area (Å²) in [4.78, 5) is 32.1. The molecule has 2 aromatic heterocycles. The molecule has 0 bridgehead atoms. The van der Waals surface area contributed by atoms with Crippen molar-refractivity contribution in [3.63, 3.8) is 0 Å². The van der Waals surface area contributed by atoms with Gasteiger partial charge < -0.3 is 24.1 Å². The Morgan fingerprint density at radius 2 is 1.92 bits per heavy atom. The van der Waals surface area contributed by atoms with Crippen LogP contribution >= 0.6 is 0 Å². The molecule has 4 heterocycles. The Labute approximate surface area is 228 Å². The van der Waals surface area contributed by atoms with Gasteiger partial charge in [0.1, 0.15) is 5.69 Å². The number of aryl methyl sites for hydroxylation is 1. The Balaban J connectivity index is 1.50. The molecule has 0 radical (unpaired) electrons. The number of piperidine rings is 1. The summed E-state index contributed by atoms with van der Waals surface area (Å²) < 4.78 is 30.7. The second kappa shape index (κ2) is 10.1. The molecule has 0 spiro atoms. The largest absolute Gasteiger partial charge is 0.495 e. The number of hydrogen-bond acceptors (Lipinski definition) is 5. The number of aromatic nitrogens is 3. The van der Waals surface area contributed by atoms with Crippen molar-refractivity contribution in [3.05, 3.63) is 47.7 Å². The molecular weight excluding hydrogens is 500 g/mol. The number of H-pyrrole nitrogens is 1. The van der Waals surface area contributed by atoms with Crippen LogP contribution in [-0.4, -0.2) is 81.9 Å². The van der Waals surface area contributed by atoms with Crippen molar-refractivity contribution < 1.29 is 23.3 Å². The summed E-state index contributed by atoms with van der Waals surface area (Å²) >= 11 is 0. The van der Waals surface area contributed by atoms with Crippen LogP contribution in [0.1, 0.15) is 68.9 Å². The summed E-state index contributed by atoms with van der Waals surface area (Å²) in [6, 6.07) is 5.33. The highest BCUT2D eigenvalue weighted by molar-refractivity contribution is 6.65. The molecule has 1 unspecified atom stereocenters. The van der Waals surface area contributed by atoms with E-state index in [1.807, 2.05) is 50.9 Å². The lowest BCUT2D eigenvalue weighted by Gasteiger charge is -2.33. The molecule has 2 aliphatic rings. The zero-order chi connectivity index (χ0) is 28.1. The SMILES string of the molecule is CN(C)C(=O)c1cc2c(B3OC(C)(C)C(C)(C)O3)cc(C3CCCN(C(=O)CCn4cccn4)C3)c(F)c2[nH]1. The Kier molecular flexibility index (Phi) is 7.09. The van der Waals surface area contributed by atoms with Crippen molar-refractivity contribution in [1.29, 1.82) is 0 Å². The molecule has 1 atom stereocenters. The number of nitrogens with one attached hydrogen (secondary N) is 1. The van der Waals surface area contributed by atoms with Crippen LogP contribution in [0.2, 0.25) is 0 Å².